The van der Waals surface area contributed by atoms with Crippen LogP contribution in [0.3, 0.4) is 0 Å². The molecule has 0 bridgehead atoms. The number of rotatable bonds is 9. The molecule has 2 heterocycles. The van der Waals surface area contributed by atoms with E-state index in [1.807, 2.05) is 48.5 Å². The second-order valence-electron chi connectivity index (χ2n) is 17.1. The molecule has 2 aliphatic heterocycles. The van der Waals surface area contributed by atoms with E-state index < -0.39 is 0 Å². The number of benzene rings is 4. The van der Waals surface area contributed by atoms with E-state index in [4.69, 9.17) is 9.47 Å². The molecular formula is C48H73Li4N6O2+. The number of likely N-dealkylation sites (N-methyl/N-ethyl adjacent to an activating group) is 6. The number of hydrogen-bond donors (Lipinski definition) is 1. The molecule has 0 amide bonds. The number of hydrogen-bond acceptors (Lipinski definition) is 7. The van der Waals surface area contributed by atoms with Gasteiger partial charge in [-0.3, -0.25) is 0 Å². The fourth-order valence-electron chi connectivity index (χ4n) is 5.73. The summed E-state index contributed by atoms with van der Waals surface area (Å²) in [6, 6.07) is 36.5. The van der Waals surface area contributed by atoms with E-state index in [-0.39, 0.29) is 86.3 Å². The molecule has 60 heavy (non-hydrogen) atoms. The molecule has 0 fully saturated rings. The molecule has 0 aromatic heterocycles. The summed E-state index contributed by atoms with van der Waals surface area (Å²) in [5, 5.41) is 0. The molecule has 4 aromatic carbocycles. The van der Waals surface area contributed by atoms with Crippen LogP contribution in [0, 0.1) is 24.3 Å². The smallest absolute Gasteiger partial charge is 0.509 e. The zero-order valence-electron chi connectivity index (χ0n) is 41.7. The summed E-state index contributed by atoms with van der Waals surface area (Å²) in [5.41, 5.74) is 4.64. The Labute approximate surface area is 415 Å². The van der Waals surface area contributed by atoms with Crippen molar-refractivity contribution < 1.29 is 89.8 Å². The van der Waals surface area contributed by atoms with Gasteiger partial charge in [0.2, 0.25) is 0 Å². The molecular weight excluding hydrogens is 720 g/mol. The Morgan fingerprint density at radius 3 is 0.800 bits per heavy atom. The second-order valence-corrected chi connectivity index (χ2v) is 17.1. The molecule has 0 spiro atoms. The van der Waals surface area contributed by atoms with Crippen LogP contribution in [0.2, 0.25) is 0 Å². The minimum absolute atomic E-state index is 0. The fraction of sp³-hybridized carbons (Fsp3) is 0.500. The van der Waals surface area contributed by atoms with Gasteiger partial charge in [-0.2, -0.15) is 72.8 Å². The molecule has 12 heteroatoms. The van der Waals surface area contributed by atoms with Crippen LogP contribution in [0.4, 0.5) is 0 Å². The number of ether oxygens (including phenoxy) is 2. The molecule has 8 nitrogen and oxygen atoms in total. The Hall–Kier alpha value is -1.37. The maximum Gasteiger partial charge on any atom is 1.00 e. The van der Waals surface area contributed by atoms with Crippen molar-refractivity contribution in [2.45, 2.75) is 38.5 Å². The Kier molecular flexibility index (Phi) is 33.0. The first-order valence-electron chi connectivity index (χ1n) is 19.7. The average Bonchev–Trinajstić information content (AvgIpc) is 3.14. The average molecular weight is 794 g/mol. The Balaban J connectivity index is -0.000000697. The van der Waals surface area contributed by atoms with Crippen LogP contribution < -0.4 is 89.8 Å². The third-order valence-electron chi connectivity index (χ3n) is 9.42. The number of quaternary nitrogens is 1. The fourth-order valence-corrected chi connectivity index (χ4v) is 5.73. The van der Waals surface area contributed by atoms with Crippen LogP contribution in [0.25, 0.3) is 0 Å². The zero-order valence-corrected chi connectivity index (χ0v) is 41.7. The van der Waals surface area contributed by atoms with Crippen LogP contribution in [-0.2, 0) is 10.8 Å². The Bertz CT molecular complexity index is 1460. The quantitative estimate of drug-likeness (QED) is 0.134. The van der Waals surface area contributed by atoms with E-state index in [0.29, 0.717) is 0 Å². The molecule has 0 saturated heterocycles. The van der Waals surface area contributed by atoms with Crippen molar-refractivity contribution in [2.75, 3.05) is 124 Å². The van der Waals surface area contributed by atoms with E-state index in [9.17, 15) is 0 Å². The van der Waals surface area contributed by atoms with Gasteiger partial charge in [-0.05, 0) is 70.5 Å². The molecule has 2 aliphatic rings. The summed E-state index contributed by atoms with van der Waals surface area (Å²) in [4.78, 5) is 12.4. The van der Waals surface area contributed by atoms with E-state index in [2.05, 4.69) is 185 Å². The van der Waals surface area contributed by atoms with Gasteiger partial charge >= 0.3 is 75.4 Å². The van der Waals surface area contributed by atoms with Gasteiger partial charge in [0.05, 0.1) is 20.6 Å². The Morgan fingerprint density at radius 1 is 0.417 bits per heavy atom. The zero-order chi connectivity index (χ0) is 42.1. The van der Waals surface area contributed by atoms with Crippen LogP contribution >= 0.6 is 0 Å². The molecule has 0 atom stereocenters. The number of fused-ring (bicyclic) bond motifs is 4. The first-order valence-corrected chi connectivity index (χ1v) is 19.7. The van der Waals surface area contributed by atoms with E-state index >= 15 is 0 Å². The normalized spacial score (nSPS) is 13.0. The van der Waals surface area contributed by atoms with Gasteiger partial charge in [-0.25, -0.2) is 0 Å². The van der Waals surface area contributed by atoms with Crippen LogP contribution in [0.5, 0.6) is 23.0 Å². The minimum Gasteiger partial charge on any atom is -0.509 e. The second kappa shape index (κ2) is 31.5. The predicted octanol–water partition coefficient (Wildman–Crippen LogP) is -5.64. The molecule has 0 unspecified atom stereocenters. The van der Waals surface area contributed by atoms with E-state index in [1.165, 1.54) is 40.2 Å². The monoisotopic (exact) mass is 794 g/mol. The summed E-state index contributed by atoms with van der Waals surface area (Å²) in [7, 11) is 25.2. The molecule has 0 aliphatic carbocycles. The maximum absolute atomic E-state index is 5.80. The molecule has 4 aromatic rings. The van der Waals surface area contributed by atoms with Crippen molar-refractivity contribution in [3.8, 4) is 23.0 Å². The minimum atomic E-state index is -0.0432. The van der Waals surface area contributed by atoms with Crippen molar-refractivity contribution in [1.29, 1.82) is 0 Å². The van der Waals surface area contributed by atoms with Crippen molar-refractivity contribution in [3.63, 3.8) is 0 Å². The van der Waals surface area contributed by atoms with Gasteiger partial charge in [0, 0.05) is 55.7 Å². The topological polar surface area (TPSA) is 39.1 Å². The van der Waals surface area contributed by atoms with Crippen molar-refractivity contribution in [1.82, 2.24) is 24.5 Å². The first-order chi connectivity index (χ1) is 26.3. The largest absolute Gasteiger partial charge is 1.00 e. The third kappa shape index (κ3) is 21.8. The molecule has 0 radical (unpaired) electrons. The molecule has 6 rings (SSSR count). The molecule has 0 saturated carbocycles. The van der Waals surface area contributed by atoms with E-state index in [1.54, 1.807) is 0 Å². The van der Waals surface area contributed by atoms with Gasteiger partial charge in [0.1, 0.15) is 0 Å². The van der Waals surface area contributed by atoms with Crippen molar-refractivity contribution >= 4 is 0 Å². The molecule has 1 N–H and O–H groups in total. The SMILES string of the molecule is CC1(C)c2ccc[c-]c2Oc2[c-]cccc21.CC1(C)c2ccc[c-]c2Oc2[c-]cccc21.CN(C)CCN(C)C.CN(C)CCN(C)C.CN(C)CC[NH+](C)C.[Li+].[Li+].[Li+].[Li+]. The van der Waals surface area contributed by atoms with Crippen molar-refractivity contribution in [2.24, 2.45) is 0 Å². The van der Waals surface area contributed by atoms with E-state index in [0.717, 1.165) is 49.2 Å². The predicted molar refractivity (Wildman–Crippen MR) is 236 cm³/mol. The van der Waals surface area contributed by atoms with Crippen LogP contribution in [-0.4, -0.2) is 148 Å². The number of para-hydroxylation sites is 4. The van der Waals surface area contributed by atoms with Crippen molar-refractivity contribution in [3.05, 3.63) is 119 Å². The third-order valence-corrected chi connectivity index (χ3v) is 9.42. The Morgan fingerprint density at radius 2 is 0.633 bits per heavy atom. The summed E-state index contributed by atoms with van der Waals surface area (Å²) in [6.45, 7) is 15.8. The first kappa shape index (κ1) is 62.9. The number of nitrogens with one attached hydrogen (secondary N) is 1. The van der Waals surface area contributed by atoms with Gasteiger partial charge in [0.15, 0.2) is 0 Å². The van der Waals surface area contributed by atoms with Gasteiger partial charge in [-0.1, -0.05) is 38.5 Å². The van der Waals surface area contributed by atoms with Crippen LogP contribution in [0.1, 0.15) is 49.9 Å². The van der Waals surface area contributed by atoms with Gasteiger partial charge < -0.3 is 38.9 Å². The van der Waals surface area contributed by atoms with Gasteiger partial charge in [0.25, 0.3) is 0 Å². The molecule has 310 valence electrons. The number of nitrogens with zero attached hydrogens (tertiary/aromatic N) is 5. The van der Waals surface area contributed by atoms with Crippen LogP contribution in [0.15, 0.2) is 72.8 Å². The summed E-state index contributed by atoms with van der Waals surface area (Å²) in [6.07, 6.45) is 0. The summed E-state index contributed by atoms with van der Waals surface area (Å²) >= 11 is 0. The van der Waals surface area contributed by atoms with Gasteiger partial charge in [-0.15, -0.1) is 46.5 Å². The maximum atomic E-state index is 5.80. The summed E-state index contributed by atoms with van der Waals surface area (Å²) < 4.78 is 11.6. The summed E-state index contributed by atoms with van der Waals surface area (Å²) in [5.74, 6) is 3.29. The standard InChI is InChI=1S/2C15H12O.3C6H16N2.4Li/c2*1-15(2)11-7-3-5-9-13(11)16-14-10-6-4-8-12(14)15;3*1-7(2)5-6-8(3)4;;;;/h2*3-8H,1-2H3;3*5-6H2,1-4H3;;;;/q2*-2;;;;4*+1/p+1.